The van der Waals surface area contributed by atoms with Crippen molar-refractivity contribution in [2.24, 2.45) is 0 Å². The van der Waals surface area contributed by atoms with Gasteiger partial charge in [-0.1, -0.05) is 19.1 Å². The second kappa shape index (κ2) is 6.66. The molecule has 3 amide bonds. The second-order valence-electron chi connectivity index (χ2n) is 6.11. The van der Waals surface area contributed by atoms with Crippen molar-refractivity contribution in [1.29, 1.82) is 0 Å². The summed E-state index contributed by atoms with van der Waals surface area (Å²) in [4.78, 5) is 28.7. The topological polar surface area (TPSA) is 71.1 Å². The number of nitrogens with one attached hydrogen (secondary N) is 1. The number of rotatable bonds is 5. The fourth-order valence-electron chi connectivity index (χ4n) is 3.45. The fourth-order valence-corrected chi connectivity index (χ4v) is 3.45. The predicted molar refractivity (Wildman–Crippen MR) is 92.5 cm³/mol. The second-order valence-corrected chi connectivity index (χ2v) is 6.11. The number of nitrogens with zero attached hydrogens (tertiary/aromatic N) is 2. The molecule has 0 aliphatic carbocycles. The molecule has 2 heterocycles. The Bertz CT molecular complexity index is 744. The summed E-state index contributed by atoms with van der Waals surface area (Å²) in [6, 6.07) is 4.66. The first kappa shape index (κ1) is 17.1. The average Bonchev–Trinajstić information content (AvgIpc) is 2.94. The third kappa shape index (κ3) is 2.69. The van der Waals surface area contributed by atoms with Crippen molar-refractivity contribution < 1.29 is 19.1 Å². The quantitative estimate of drug-likeness (QED) is 0.885. The van der Waals surface area contributed by atoms with Crippen LogP contribution in [0.5, 0.6) is 11.5 Å². The standard InChI is InChI=1S/C18H23N3O4/c1-5-9-21-10-12-14(17(21)22)15(19-18(23)20(12)2)11-7-6-8-13(24-3)16(11)25-4/h6-8,15H,5,9-10H2,1-4H3,(H,19,23). The molecule has 25 heavy (non-hydrogen) atoms. The monoisotopic (exact) mass is 345 g/mol. The normalized spacial score (nSPS) is 19.9. The Morgan fingerprint density at radius 1 is 1.24 bits per heavy atom. The maximum atomic E-state index is 12.9. The first-order valence-electron chi connectivity index (χ1n) is 8.30. The fraction of sp³-hybridized carbons (Fsp3) is 0.444. The minimum atomic E-state index is -0.557. The van der Waals surface area contributed by atoms with E-state index in [1.54, 1.807) is 32.2 Å². The average molecular weight is 345 g/mol. The van der Waals surface area contributed by atoms with E-state index >= 15 is 0 Å². The Balaban J connectivity index is 2.10. The summed E-state index contributed by atoms with van der Waals surface area (Å²) in [7, 11) is 4.79. The van der Waals surface area contributed by atoms with Crippen LogP contribution in [0.4, 0.5) is 4.79 Å². The lowest BCUT2D eigenvalue weighted by molar-refractivity contribution is -0.125. The van der Waals surface area contributed by atoms with Gasteiger partial charge in [0.1, 0.15) is 0 Å². The molecule has 1 aromatic carbocycles. The zero-order valence-electron chi connectivity index (χ0n) is 15.0. The summed E-state index contributed by atoms with van der Waals surface area (Å²) < 4.78 is 10.9. The Labute approximate surface area is 147 Å². The van der Waals surface area contributed by atoms with Crippen LogP contribution in [0, 0.1) is 0 Å². The number of likely N-dealkylation sites (N-methyl/N-ethyl adjacent to an activating group) is 1. The molecule has 1 atom stereocenters. The molecule has 0 radical (unpaired) electrons. The molecule has 7 nitrogen and oxygen atoms in total. The van der Waals surface area contributed by atoms with Crippen LogP contribution in [-0.2, 0) is 4.79 Å². The molecule has 1 unspecified atom stereocenters. The van der Waals surface area contributed by atoms with E-state index in [-0.39, 0.29) is 11.9 Å². The molecular weight excluding hydrogens is 322 g/mol. The van der Waals surface area contributed by atoms with Crippen LogP contribution >= 0.6 is 0 Å². The SMILES string of the molecule is CCCN1CC2=C(C1=O)C(c1cccc(OC)c1OC)NC(=O)N2C. The van der Waals surface area contributed by atoms with Crippen molar-refractivity contribution in [2.75, 3.05) is 34.4 Å². The summed E-state index contributed by atoms with van der Waals surface area (Å²) >= 11 is 0. The van der Waals surface area contributed by atoms with Gasteiger partial charge in [0.05, 0.1) is 38.1 Å². The zero-order valence-corrected chi connectivity index (χ0v) is 15.0. The number of methoxy groups -OCH3 is 2. The predicted octanol–water partition coefficient (Wildman–Crippen LogP) is 1.91. The molecule has 3 rings (SSSR count). The summed E-state index contributed by atoms with van der Waals surface area (Å²) in [5.41, 5.74) is 2.06. The lowest BCUT2D eigenvalue weighted by Crippen LogP contribution is -2.45. The maximum absolute atomic E-state index is 12.9. The third-order valence-electron chi connectivity index (χ3n) is 4.67. The van der Waals surface area contributed by atoms with Crippen molar-refractivity contribution in [3.8, 4) is 11.5 Å². The van der Waals surface area contributed by atoms with Gasteiger partial charge in [0.25, 0.3) is 5.91 Å². The Hall–Kier alpha value is -2.70. The van der Waals surface area contributed by atoms with Gasteiger partial charge in [-0.15, -0.1) is 0 Å². The molecule has 2 aliphatic heterocycles. The molecule has 0 saturated heterocycles. The Morgan fingerprint density at radius 2 is 2.00 bits per heavy atom. The first-order valence-corrected chi connectivity index (χ1v) is 8.30. The van der Waals surface area contributed by atoms with Crippen LogP contribution in [0.15, 0.2) is 29.5 Å². The molecule has 1 aromatic rings. The smallest absolute Gasteiger partial charge is 0.322 e. The van der Waals surface area contributed by atoms with Crippen LogP contribution in [0.2, 0.25) is 0 Å². The minimum absolute atomic E-state index is 0.0430. The lowest BCUT2D eigenvalue weighted by atomic mass is 9.94. The maximum Gasteiger partial charge on any atom is 0.322 e. The van der Waals surface area contributed by atoms with E-state index in [2.05, 4.69) is 5.32 Å². The zero-order chi connectivity index (χ0) is 18.1. The highest BCUT2D eigenvalue weighted by molar-refractivity contribution is 6.01. The summed E-state index contributed by atoms with van der Waals surface area (Å²) in [5.74, 6) is 1.04. The van der Waals surface area contributed by atoms with Gasteiger partial charge in [0.2, 0.25) is 0 Å². The number of para-hydroxylation sites is 1. The summed E-state index contributed by atoms with van der Waals surface area (Å²) in [5, 5.41) is 2.92. The molecule has 7 heteroatoms. The van der Waals surface area contributed by atoms with Crippen LogP contribution in [-0.4, -0.2) is 56.1 Å². The van der Waals surface area contributed by atoms with Gasteiger partial charge in [-0.3, -0.25) is 9.69 Å². The van der Waals surface area contributed by atoms with E-state index < -0.39 is 6.04 Å². The number of hydrogen-bond donors (Lipinski definition) is 1. The van der Waals surface area contributed by atoms with Crippen LogP contribution in [0.3, 0.4) is 0 Å². The highest BCUT2D eigenvalue weighted by Gasteiger charge is 2.43. The number of carbonyl (C=O) groups excluding carboxylic acids is 2. The van der Waals surface area contributed by atoms with E-state index in [0.29, 0.717) is 35.7 Å². The van der Waals surface area contributed by atoms with Gasteiger partial charge in [0, 0.05) is 19.2 Å². The van der Waals surface area contributed by atoms with Crippen LogP contribution in [0.25, 0.3) is 0 Å². The van der Waals surface area contributed by atoms with E-state index in [9.17, 15) is 9.59 Å². The first-order chi connectivity index (χ1) is 12.0. The van der Waals surface area contributed by atoms with Gasteiger partial charge >= 0.3 is 6.03 Å². The highest BCUT2D eigenvalue weighted by atomic mass is 16.5. The van der Waals surface area contributed by atoms with E-state index in [1.807, 2.05) is 19.1 Å². The van der Waals surface area contributed by atoms with E-state index in [1.165, 1.54) is 4.90 Å². The van der Waals surface area contributed by atoms with Gasteiger partial charge in [0.15, 0.2) is 11.5 Å². The van der Waals surface area contributed by atoms with Gasteiger partial charge in [-0.2, -0.15) is 0 Å². The molecule has 0 bridgehead atoms. The number of ether oxygens (including phenoxy) is 2. The molecule has 0 aromatic heterocycles. The number of urea groups is 1. The Morgan fingerprint density at radius 3 is 2.64 bits per heavy atom. The van der Waals surface area contributed by atoms with Crippen molar-refractivity contribution in [3.05, 3.63) is 35.0 Å². The van der Waals surface area contributed by atoms with Gasteiger partial charge < -0.3 is 19.7 Å². The van der Waals surface area contributed by atoms with Crippen LogP contribution in [0.1, 0.15) is 24.9 Å². The minimum Gasteiger partial charge on any atom is -0.493 e. The molecular formula is C18H23N3O4. The number of carbonyl (C=O) groups is 2. The van der Waals surface area contributed by atoms with Crippen LogP contribution < -0.4 is 14.8 Å². The third-order valence-corrected chi connectivity index (χ3v) is 4.67. The molecule has 0 saturated carbocycles. The molecule has 1 N–H and O–H groups in total. The van der Waals surface area contributed by atoms with Crippen molar-refractivity contribution >= 4 is 11.9 Å². The molecule has 2 aliphatic rings. The molecule has 134 valence electrons. The van der Waals surface area contributed by atoms with Gasteiger partial charge in [-0.25, -0.2) is 4.79 Å². The number of hydrogen-bond acceptors (Lipinski definition) is 4. The van der Waals surface area contributed by atoms with E-state index in [4.69, 9.17) is 9.47 Å². The van der Waals surface area contributed by atoms with Crippen molar-refractivity contribution in [2.45, 2.75) is 19.4 Å². The van der Waals surface area contributed by atoms with Crippen molar-refractivity contribution in [3.63, 3.8) is 0 Å². The Kier molecular flexibility index (Phi) is 4.57. The van der Waals surface area contributed by atoms with E-state index in [0.717, 1.165) is 12.1 Å². The number of benzene rings is 1. The van der Waals surface area contributed by atoms with Crippen molar-refractivity contribution in [1.82, 2.24) is 15.1 Å². The number of amides is 3. The molecule has 0 spiro atoms. The highest BCUT2D eigenvalue weighted by Crippen LogP contribution is 2.42. The van der Waals surface area contributed by atoms with Gasteiger partial charge in [-0.05, 0) is 12.5 Å². The summed E-state index contributed by atoms with van der Waals surface area (Å²) in [6.45, 7) is 3.14. The lowest BCUT2D eigenvalue weighted by Gasteiger charge is -2.31. The largest absolute Gasteiger partial charge is 0.493 e. The molecule has 0 fully saturated rings. The summed E-state index contributed by atoms with van der Waals surface area (Å²) in [6.07, 6.45) is 0.866.